The Labute approximate surface area is 116 Å². The molecule has 0 aliphatic heterocycles. The Morgan fingerprint density at radius 2 is 1.50 bits per heavy atom. The first-order chi connectivity index (χ1) is 9.93. The van der Waals surface area contributed by atoms with Gasteiger partial charge in [-0.15, -0.1) is 0 Å². The standard InChI is InChI=1S/C17H13N3/c1-2-7-14(8-3-1)19-12-6-11-17(19)20-13-18-15-9-4-5-10-16(15)20/h1-13H. The maximum Gasteiger partial charge on any atom is 0.123 e. The summed E-state index contributed by atoms with van der Waals surface area (Å²) in [5.41, 5.74) is 3.27. The van der Waals surface area contributed by atoms with E-state index in [0.29, 0.717) is 0 Å². The van der Waals surface area contributed by atoms with Crippen molar-refractivity contribution in [3.05, 3.63) is 79.3 Å². The maximum absolute atomic E-state index is 4.46. The first-order valence-corrected chi connectivity index (χ1v) is 6.59. The zero-order valence-electron chi connectivity index (χ0n) is 10.8. The first kappa shape index (κ1) is 11.1. The number of hydrogen-bond donors (Lipinski definition) is 0. The molecule has 4 rings (SSSR count). The molecule has 0 amide bonds. The van der Waals surface area contributed by atoms with E-state index in [1.807, 2.05) is 42.7 Å². The lowest BCUT2D eigenvalue weighted by Gasteiger charge is -2.10. The van der Waals surface area contributed by atoms with Gasteiger partial charge in [0.1, 0.15) is 12.1 Å². The number of aromatic nitrogens is 3. The molecule has 0 radical (unpaired) electrons. The van der Waals surface area contributed by atoms with E-state index in [0.717, 1.165) is 22.5 Å². The summed E-state index contributed by atoms with van der Waals surface area (Å²) in [6, 6.07) is 22.6. The zero-order chi connectivity index (χ0) is 13.4. The van der Waals surface area contributed by atoms with E-state index in [1.165, 1.54) is 0 Å². The van der Waals surface area contributed by atoms with Crippen molar-refractivity contribution in [3.63, 3.8) is 0 Å². The molecule has 0 spiro atoms. The third kappa shape index (κ3) is 1.64. The van der Waals surface area contributed by atoms with Gasteiger partial charge in [0.15, 0.2) is 0 Å². The fraction of sp³-hybridized carbons (Fsp3) is 0. The second-order valence-corrected chi connectivity index (χ2v) is 4.68. The molecule has 0 fully saturated rings. The molecule has 2 aromatic carbocycles. The normalized spacial score (nSPS) is 11.0. The van der Waals surface area contributed by atoms with Gasteiger partial charge in [-0.05, 0) is 36.4 Å². The van der Waals surface area contributed by atoms with Crippen molar-refractivity contribution in [3.8, 4) is 11.5 Å². The van der Waals surface area contributed by atoms with Gasteiger partial charge in [0.25, 0.3) is 0 Å². The van der Waals surface area contributed by atoms with Crippen molar-refractivity contribution in [1.82, 2.24) is 14.1 Å². The summed E-state index contributed by atoms with van der Waals surface area (Å²) in [7, 11) is 0. The molecule has 2 aromatic heterocycles. The van der Waals surface area contributed by atoms with Gasteiger partial charge in [-0.1, -0.05) is 30.3 Å². The largest absolute Gasteiger partial charge is 0.303 e. The Morgan fingerprint density at radius 1 is 0.700 bits per heavy atom. The minimum absolute atomic E-state index is 1.01. The van der Waals surface area contributed by atoms with Crippen molar-refractivity contribution in [2.75, 3.05) is 0 Å². The van der Waals surface area contributed by atoms with Gasteiger partial charge in [-0.3, -0.25) is 4.57 Å². The van der Waals surface area contributed by atoms with E-state index in [1.54, 1.807) is 0 Å². The molecule has 0 aliphatic rings. The van der Waals surface area contributed by atoms with Crippen molar-refractivity contribution in [2.45, 2.75) is 0 Å². The van der Waals surface area contributed by atoms with E-state index in [2.05, 4.69) is 50.6 Å². The second-order valence-electron chi connectivity index (χ2n) is 4.68. The average molecular weight is 259 g/mol. The molecule has 0 bridgehead atoms. The van der Waals surface area contributed by atoms with E-state index in [4.69, 9.17) is 0 Å². The number of hydrogen-bond acceptors (Lipinski definition) is 1. The first-order valence-electron chi connectivity index (χ1n) is 6.59. The van der Waals surface area contributed by atoms with Gasteiger partial charge in [0.05, 0.1) is 11.0 Å². The van der Waals surface area contributed by atoms with Crippen LogP contribution in [0.2, 0.25) is 0 Å². The third-order valence-corrected chi connectivity index (χ3v) is 3.46. The van der Waals surface area contributed by atoms with Crippen LogP contribution in [0.4, 0.5) is 0 Å². The van der Waals surface area contributed by atoms with Crippen LogP contribution in [0.1, 0.15) is 0 Å². The molecule has 0 unspecified atom stereocenters. The highest BCUT2D eigenvalue weighted by molar-refractivity contribution is 5.77. The summed E-state index contributed by atoms with van der Waals surface area (Å²) < 4.78 is 4.27. The number of benzene rings is 2. The number of rotatable bonds is 2. The highest BCUT2D eigenvalue weighted by atomic mass is 15.2. The Balaban J connectivity index is 1.94. The fourth-order valence-electron chi connectivity index (χ4n) is 2.52. The van der Waals surface area contributed by atoms with Crippen molar-refractivity contribution in [2.24, 2.45) is 0 Å². The van der Waals surface area contributed by atoms with E-state index in [-0.39, 0.29) is 0 Å². The van der Waals surface area contributed by atoms with Crippen LogP contribution < -0.4 is 0 Å². The molecule has 3 heteroatoms. The van der Waals surface area contributed by atoms with Crippen LogP contribution in [0, 0.1) is 0 Å². The highest BCUT2D eigenvalue weighted by Crippen LogP contribution is 2.21. The number of imidazole rings is 1. The molecule has 96 valence electrons. The minimum atomic E-state index is 1.01. The lowest BCUT2D eigenvalue weighted by atomic mass is 10.3. The third-order valence-electron chi connectivity index (χ3n) is 3.46. The lowest BCUT2D eigenvalue weighted by molar-refractivity contribution is 0.945. The smallest absolute Gasteiger partial charge is 0.123 e. The van der Waals surface area contributed by atoms with Crippen molar-refractivity contribution in [1.29, 1.82) is 0 Å². The van der Waals surface area contributed by atoms with Crippen LogP contribution in [0.3, 0.4) is 0 Å². The Bertz CT molecular complexity index is 856. The lowest BCUT2D eigenvalue weighted by Crippen LogP contribution is -2.01. The van der Waals surface area contributed by atoms with Crippen LogP contribution in [0.15, 0.2) is 79.3 Å². The second kappa shape index (κ2) is 4.38. The summed E-state index contributed by atoms with van der Waals surface area (Å²) in [6.07, 6.45) is 3.94. The molecule has 0 aliphatic carbocycles. The summed E-state index contributed by atoms with van der Waals surface area (Å²) in [4.78, 5) is 4.46. The zero-order valence-corrected chi connectivity index (χ0v) is 10.8. The predicted molar refractivity (Wildman–Crippen MR) is 80.4 cm³/mol. The quantitative estimate of drug-likeness (QED) is 0.536. The maximum atomic E-state index is 4.46. The monoisotopic (exact) mass is 259 g/mol. The summed E-state index contributed by atoms with van der Waals surface area (Å²) in [5.74, 6) is 1.09. The van der Waals surface area contributed by atoms with Gasteiger partial charge in [-0.2, -0.15) is 0 Å². The molecular formula is C17H13N3. The molecule has 0 saturated heterocycles. The molecule has 3 nitrogen and oxygen atoms in total. The average Bonchev–Trinajstić information content (AvgIpc) is 3.14. The molecule has 4 aromatic rings. The van der Waals surface area contributed by atoms with Crippen molar-refractivity contribution >= 4 is 11.0 Å². The Kier molecular flexibility index (Phi) is 2.42. The number of fused-ring (bicyclic) bond motifs is 1. The van der Waals surface area contributed by atoms with E-state index < -0.39 is 0 Å². The van der Waals surface area contributed by atoms with Gasteiger partial charge in [0, 0.05) is 11.9 Å². The molecule has 0 N–H and O–H groups in total. The van der Waals surface area contributed by atoms with Crippen LogP contribution in [0.5, 0.6) is 0 Å². The molecule has 0 atom stereocenters. The van der Waals surface area contributed by atoms with Gasteiger partial charge in [0.2, 0.25) is 0 Å². The molecule has 20 heavy (non-hydrogen) atoms. The topological polar surface area (TPSA) is 22.8 Å². The molecular weight excluding hydrogens is 246 g/mol. The predicted octanol–water partition coefficient (Wildman–Crippen LogP) is 3.82. The van der Waals surface area contributed by atoms with E-state index >= 15 is 0 Å². The summed E-state index contributed by atoms with van der Waals surface area (Å²) in [5, 5.41) is 0. The molecule has 0 saturated carbocycles. The van der Waals surface area contributed by atoms with Crippen LogP contribution >= 0.6 is 0 Å². The van der Waals surface area contributed by atoms with Crippen molar-refractivity contribution < 1.29 is 0 Å². The summed E-state index contributed by atoms with van der Waals surface area (Å²) in [6.45, 7) is 0. The Morgan fingerprint density at radius 3 is 2.40 bits per heavy atom. The number of para-hydroxylation sites is 3. The summed E-state index contributed by atoms with van der Waals surface area (Å²) >= 11 is 0. The number of nitrogens with zero attached hydrogens (tertiary/aromatic N) is 3. The minimum Gasteiger partial charge on any atom is -0.303 e. The van der Waals surface area contributed by atoms with Crippen LogP contribution in [-0.2, 0) is 0 Å². The highest BCUT2D eigenvalue weighted by Gasteiger charge is 2.08. The SMILES string of the molecule is c1ccc(-n2cccc2-n2cnc3ccccc32)cc1. The molecule has 2 heterocycles. The van der Waals surface area contributed by atoms with Crippen LogP contribution in [0.25, 0.3) is 22.5 Å². The fourth-order valence-corrected chi connectivity index (χ4v) is 2.52. The van der Waals surface area contributed by atoms with E-state index in [9.17, 15) is 0 Å². The Hall–Kier alpha value is -2.81. The van der Waals surface area contributed by atoms with Crippen LogP contribution in [-0.4, -0.2) is 14.1 Å². The van der Waals surface area contributed by atoms with Gasteiger partial charge < -0.3 is 4.57 Å². The van der Waals surface area contributed by atoms with Gasteiger partial charge in [-0.25, -0.2) is 4.98 Å². The van der Waals surface area contributed by atoms with Gasteiger partial charge >= 0.3 is 0 Å².